The monoisotopic (exact) mass is 309 g/mol. The molecule has 1 heterocycles. The van der Waals surface area contributed by atoms with Crippen LogP contribution in [0.5, 0.6) is 0 Å². The lowest BCUT2D eigenvalue weighted by molar-refractivity contribution is 0.380. The van der Waals surface area contributed by atoms with Crippen LogP contribution in [0.4, 0.5) is 0 Å². The summed E-state index contributed by atoms with van der Waals surface area (Å²) in [6.45, 7) is 4.79. The Morgan fingerprint density at radius 2 is 2.05 bits per heavy atom. The van der Waals surface area contributed by atoms with E-state index in [1.54, 1.807) is 24.3 Å². The van der Waals surface area contributed by atoms with E-state index in [1.807, 2.05) is 19.9 Å². The molecular formula is C14H19N3O3S. The number of sulfonamides is 1. The summed E-state index contributed by atoms with van der Waals surface area (Å²) in [6.07, 6.45) is 1.47. The molecule has 7 heteroatoms. The lowest BCUT2D eigenvalue weighted by Crippen LogP contribution is -2.24. The molecule has 0 spiro atoms. The first-order chi connectivity index (χ1) is 9.97. The SMILES string of the molecule is CC(C)NCc1cccc(S(=O)(=O)NCc2ccno2)c1. The van der Waals surface area contributed by atoms with Crippen molar-refractivity contribution in [1.82, 2.24) is 15.2 Å². The molecule has 21 heavy (non-hydrogen) atoms. The van der Waals surface area contributed by atoms with Gasteiger partial charge in [-0.2, -0.15) is 0 Å². The third-order valence-electron chi connectivity index (χ3n) is 2.85. The average Bonchev–Trinajstić information content (AvgIpc) is 2.97. The summed E-state index contributed by atoms with van der Waals surface area (Å²) in [4.78, 5) is 0.241. The van der Waals surface area contributed by atoms with Crippen molar-refractivity contribution in [2.75, 3.05) is 0 Å². The maximum absolute atomic E-state index is 12.2. The van der Waals surface area contributed by atoms with Crippen molar-refractivity contribution in [1.29, 1.82) is 0 Å². The second kappa shape index (κ2) is 6.84. The molecular weight excluding hydrogens is 290 g/mol. The number of aromatic nitrogens is 1. The van der Waals surface area contributed by atoms with Crippen LogP contribution >= 0.6 is 0 Å². The van der Waals surface area contributed by atoms with Gasteiger partial charge in [0.05, 0.1) is 17.6 Å². The van der Waals surface area contributed by atoms with E-state index in [1.165, 1.54) is 6.20 Å². The van der Waals surface area contributed by atoms with Gasteiger partial charge in [-0.15, -0.1) is 0 Å². The fourth-order valence-electron chi connectivity index (χ4n) is 1.73. The van der Waals surface area contributed by atoms with Crippen LogP contribution in [0.15, 0.2) is 45.9 Å². The van der Waals surface area contributed by atoms with E-state index in [0.29, 0.717) is 18.3 Å². The van der Waals surface area contributed by atoms with Gasteiger partial charge in [0.15, 0.2) is 5.76 Å². The Morgan fingerprint density at radius 3 is 2.71 bits per heavy atom. The van der Waals surface area contributed by atoms with E-state index in [2.05, 4.69) is 15.2 Å². The summed E-state index contributed by atoms with van der Waals surface area (Å²) < 4.78 is 31.8. The molecule has 0 saturated heterocycles. The Balaban J connectivity index is 2.06. The highest BCUT2D eigenvalue weighted by atomic mass is 32.2. The predicted molar refractivity (Wildman–Crippen MR) is 78.9 cm³/mol. The summed E-state index contributed by atoms with van der Waals surface area (Å²) in [5, 5.41) is 6.79. The first-order valence-corrected chi connectivity index (χ1v) is 8.17. The zero-order chi connectivity index (χ0) is 15.3. The molecule has 0 unspecified atom stereocenters. The normalized spacial score (nSPS) is 12.0. The van der Waals surface area contributed by atoms with Gasteiger partial charge in [0.1, 0.15) is 0 Å². The topological polar surface area (TPSA) is 84.2 Å². The first kappa shape index (κ1) is 15.7. The molecule has 2 N–H and O–H groups in total. The molecule has 0 aliphatic carbocycles. The van der Waals surface area contributed by atoms with Crippen LogP contribution in [0.25, 0.3) is 0 Å². The average molecular weight is 309 g/mol. The van der Waals surface area contributed by atoms with E-state index >= 15 is 0 Å². The van der Waals surface area contributed by atoms with Crippen molar-refractivity contribution in [3.63, 3.8) is 0 Å². The highest BCUT2D eigenvalue weighted by Crippen LogP contribution is 2.12. The van der Waals surface area contributed by atoms with Crippen LogP contribution < -0.4 is 10.0 Å². The smallest absolute Gasteiger partial charge is 0.240 e. The molecule has 2 rings (SSSR count). The van der Waals surface area contributed by atoms with Gasteiger partial charge >= 0.3 is 0 Å². The van der Waals surface area contributed by atoms with Crippen LogP contribution in [0.1, 0.15) is 25.2 Å². The molecule has 0 radical (unpaired) electrons. The van der Waals surface area contributed by atoms with E-state index < -0.39 is 10.0 Å². The molecule has 1 aromatic carbocycles. The van der Waals surface area contributed by atoms with Crippen molar-refractivity contribution in [2.45, 2.75) is 37.9 Å². The van der Waals surface area contributed by atoms with Crippen molar-refractivity contribution in [3.8, 4) is 0 Å². The number of nitrogens with zero attached hydrogens (tertiary/aromatic N) is 1. The molecule has 0 saturated carbocycles. The van der Waals surface area contributed by atoms with Crippen LogP contribution in [0.3, 0.4) is 0 Å². The second-order valence-electron chi connectivity index (χ2n) is 4.99. The molecule has 6 nitrogen and oxygen atoms in total. The lowest BCUT2D eigenvalue weighted by atomic mass is 10.2. The molecule has 0 aliphatic heterocycles. The van der Waals surface area contributed by atoms with Gasteiger partial charge in [0, 0.05) is 18.7 Å². The highest BCUT2D eigenvalue weighted by molar-refractivity contribution is 7.89. The van der Waals surface area contributed by atoms with Crippen molar-refractivity contribution >= 4 is 10.0 Å². The fraction of sp³-hybridized carbons (Fsp3) is 0.357. The molecule has 0 atom stereocenters. The Bertz CT molecular complexity index is 667. The number of nitrogens with one attached hydrogen (secondary N) is 2. The van der Waals surface area contributed by atoms with Crippen LogP contribution in [-0.4, -0.2) is 19.6 Å². The fourth-order valence-corrected chi connectivity index (χ4v) is 2.79. The molecule has 2 aromatic rings. The standard InChI is InChI=1S/C14H19N3O3S/c1-11(2)15-9-12-4-3-5-14(8-12)21(18,19)17-10-13-6-7-16-20-13/h3-8,11,15,17H,9-10H2,1-2H3. The van der Waals surface area contributed by atoms with Gasteiger partial charge in [0.25, 0.3) is 0 Å². The number of hydrogen-bond donors (Lipinski definition) is 2. The van der Waals surface area contributed by atoms with Gasteiger partial charge in [-0.05, 0) is 17.7 Å². The van der Waals surface area contributed by atoms with Gasteiger partial charge in [-0.1, -0.05) is 31.1 Å². The van der Waals surface area contributed by atoms with Crippen molar-refractivity contribution in [3.05, 3.63) is 47.9 Å². The molecule has 114 valence electrons. The predicted octanol–water partition coefficient (Wildman–Crippen LogP) is 1.65. The maximum Gasteiger partial charge on any atom is 0.240 e. The minimum Gasteiger partial charge on any atom is -0.360 e. The molecule has 0 amide bonds. The number of hydrogen-bond acceptors (Lipinski definition) is 5. The van der Waals surface area contributed by atoms with Crippen LogP contribution in [0.2, 0.25) is 0 Å². The maximum atomic E-state index is 12.2. The van der Waals surface area contributed by atoms with E-state index in [-0.39, 0.29) is 11.4 Å². The molecule has 1 aromatic heterocycles. The minimum absolute atomic E-state index is 0.0802. The zero-order valence-electron chi connectivity index (χ0n) is 12.0. The van der Waals surface area contributed by atoms with Gasteiger partial charge < -0.3 is 9.84 Å². The third-order valence-corrected chi connectivity index (χ3v) is 4.25. The van der Waals surface area contributed by atoms with Crippen molar-refractivity contribution < 1.29 is 12.9 Å². The van der Waals surface area contributed by atoms with E-state index in [4.69, 9.17) is 4.52 Å². The highest BCUT2D eigenvalue weighted by Gasteiger charge is 2.15. The Kier molecular flexibility index (Phi) is 5.11. The van der Waals surface area contributed by atoms with Crippen molar-refractivity contribution in [2.24, 2.45) is 0 Å². The third kappa shape index (κ3) is 4.66. The van der Waals surface area contributed by atoms with E-state index in [0.717, 1.165) is 5.56 Å². The zero-order valence-corrected chi connectivity index (χ0v) is 12.9. The van der Waals surface area contributed by atoms with Crippen LogP contribution in [0, 0.1) is 0 Å². The van der Waals surface area contributed by atoms with Gasteiger partial charge in [0.2, 0.25) is 10.0 Å². The van der Waals surface area contributed by atoms with Gasteiger partial charge in [-0.3, -0.25) is 0 Å². The quantitative estimate of drug-likeness (QED) is 0.812. The molecule has 0 aliphatic rings. The first-order valence-electron chi connectivity index (χ1n) is 6.69. The van der Waals surface area contributed by atoms with Gasteiger partial charge in [-0.25, -0.2) is 13.1 Å². The summed E-state index contributed by atoms with van der Waals surface area (Å²) in [6, 6.07) is 8.82. The Hall–Kier alpha value is -1.70. The van der Waals surface area contributed by atoms with Crippen LogP contribution in [-0.2, 0) is 23.1 Å². The summed E-state index contributed by atoms with van der Waals surface area (Å²) in [5.74, 6) is 0.469. The van der Waals surface area contributed by atoms with E-state index in [9.17, 15) is 8.42 Å². The number of rotatable bonds is 7. The molecule has 0 fully saturated rings. The number of benzene rings is 1. The summed E-state index contributed by atoms with van der Waals surface area (Å²) >= 11 is 0. The Labute approximate surface area is 124 Å². The largest absolute Gasteiger partial charge is 0.360 e. The summed E-state index contributed by atoms with van der Waals surface area (Å²) in [7, 11) is -3.56. The Morgan fingerprint density at radius 1 is 1.24 bits per heavy atom. The second-order valence-corrected chi connectivity index (χ2v) is 6.75. The lowest BCUT2D eigenvalue weighted by Gasteiger charge is -2.10. The summed E-state index contributed by atoms with van der Waals surface area (Å²) in [5.41, 5.74) is 0.922. The minimum atomic E-state index is -3.56. The molecule has 0 bridgehead atoms.